The van der Waals surface area contributed by atoms with Crippen molar-refractivity contribution in [2.24, 2.45) is 0 Å². The van der Waals surface area contributed by atoms with E-state index in [4.69, 9.17) is 0 Å². The zero-order chi connectivity index (χ0) is 22.5. The number of Topliss-reactive ketones (excluding diaryl/α,β-unsaturated/α-hetero) is 4. The van der Waals surface area contributed by atoms with Crippen LogP contribution in [-0.2, 0) is 19.2 Å². The van der Waals surface area contributed by atoms with Gasteiger partial charge in [-0.1, -0.05) is 48.6 Å². The predicted molar refractivity (Wildman–Crippen MR) is 122 cm³/mol. The van der Waals surface area contributed by atoms with Gasteiger partial charge in [0.2, 0.25) is 0 Å². The number of rotatable bonds is 5. The summed E-state index contributed by atoms with van der Waals surface area (Å²) in [5.74, 6) is -1.23. The first kappa shape index (κ1) is 20.9. The first-order valence-corrected chi connectivity index (χ1v) is 10.1. The molecule has 2 N–H and O–H groups in total. The van der Waals surface area contributed by atoms with Crippen LogP contribution in [0.2, 0.25) is 0 Å². The number of para-hydroxylation sites is 2. The van der Waals surface area contributed by atoms with Crippen LogP contribution in [0.15, 0.2) is 108 Å². The molecule has 0 spiro atoms. The highest BCUT2D eigenvalue weighted by Crippen LogP contribution is 2.22. The lowest BCUT2D eigenvalue weighted by Gasteiger charge is -2.16. The van der Waals surface area contributed by atoms with Crippen LogP contribution in [0.25, 0.3) is 0 Å². The van der Waals surface area contributed by atoms with Gasteiger partial charge < -0.3 is 10.6 Å². The van der Waals surface area contributed by atoms with Gasteiger partial charge in [0.15, 0.2) is 23.1 Å². The van der Waals surface area contributed by atoms with Crippen LogP contribution in [0.4, 0.5) is 11.4 Å². The molecule has 4 rings (SSSR count). The maximum absolute atomic E-state index is 12.4. The van der Waals surface area contributed by atoms with Crippen LogP contribution in [0, 0.1) is 0 Å². The summed E-state index contributed by atoms with van der Waals surface area (Å²) in [4.78, 5) is 49.2. The van der Waals surface area contributed by atoms with Crippen LogP contribution in [0.3, 0.4) is 0 Å². The smallest absolute Gasteiger partial charge is 0.186 e. The van der Waals surface area contributed by atoms with E-state index in [2.05, 4.69) is 10.6 Å². The predicted octanol–water partition coefficient (Wildman–Crippen LogP) is 3.92. The lowest BCUT2D eigenvalue weighted by molar-refractivity contribution is -0.125. The number of ketones is 4. The Bertz CT molecular complexity index is 1120. The van der Waals surface area contributed by atoms with Crippen molar-refractivity contribution in [3.63, 3.8) is 0 Å². The number of carbonyl (C=O) groups is 4. The number of benzene rings is 2. The van der Waals surface area contributed by atoms with E-state index in [-0.39, 0.29) is 36.0 Å². The Morgan fingerprint density at radius 1 is 0.531 bits per heavy atom. The van der Waals surface area contributed by atoms with Crippen molar-refractivity contribution < 1.29 is 19.2 Å². The molecular weight excluding hydrogens is 404 g/mol. The molecule has 0 saturated heterocycles. The fourth-order valence-electron chi connectivity index (χ4n) is 3.35. The summed E-state index contributed by atoms with van der Waals surface area (Å²) in [6.07, 6.45) is 5.52. The Balaban J connectivity index is 1.61. The zero-order valence-electron chi connectivity index (χ0n) is 17.1. The molecule has 0 fully saturated rings. The van der Waals surface area contributed by atoms with Crippen molar-refractivity contribution in [1.82, 2.24) is 0 Å². The average Bonchev–Trinajstić information content (AvgIpc) is 2.79. The van der Waals surface area contributed by atoms with Crippen molar-refractivity contribution in [1.29, 1.82) is 0 Å². The second kappa shape index (κ2) is 9.22. The molecule has 0 atom stereocenters. The highest BCUT2D eigenvalue weighted by Gasteiger charge is 2.25. The van der Waals surface area contributed by atoms with Crippen LogP contribution in [0.1, 0.15) is 12.8 Å². The Labute approximate surface area is 185 Å². The fraction of sp³-hybridized carbons (Fsp3) is 0.0769. The Morgan fingerprint density at radius 2 is 0.906 bits per heavy atom. The fourth-order valence-corrected chi connectivity index (χ4v) is 3.35. The van der Waals surface area contributed by atoms with E-state index in [1.165, 1.54) is 24.3 Å². The summed E-state index contributed by atoms with van der Waals surface area (Å²) in [5.41, 5.74) is 2.72. The lowest BCUT2D eigenvalue weighted by Crippen LogP contribution is -2.22. The van der Waals surface area contributed by atoms with E-state index in [1.54, 1.807) is 0 Å². The third-order valence-electron chi connectivity index (χ3n) is 5.03. The molecular formula is C26H20N2O4. The molecule has 0 amide bonds. The SMILES string of the molecule is O=C1CC(=O)/C(=C\C=C2\C=C(Nc3ccccc3)C(=O)CC2=O)C=C1Nc1ccccc1. The maximum atomic E-state index is 12.4. The monoisotopic (exact) mass is 424 g/mol. The summed E-state index contributed by atoms with van der Waals surface area (Å²) in [6.45, 7) is 0. The van der Waals surface area contributed by atoms with Gasteiger partial charge in [-0.15, -0.1) is 0 Å². The second-order valence-electron chi connectivity index (χ2n) is 7.39. The van der Waals surface area contributed by atoms with Gasteiger partial charge in [-0.05, 0) is 36.4 Å². The molecule has 158 valence electrons. The molecule has 0 unspecified atom stereocenters. The summed E-state index contributed by atoms with van der Waals surface area (Å²) in [5, 5.41) is 6.06. The minimum Gasteiger partial charge on any atom is -0.353 e. The molecule has 0 aromatic heterocycles. The molecule has 2 aliphatic rings. The van der Waals surface area contributed by atoms with Crippen LogP contribution in [-0.4, -0.2) is 23.1 Å². The topological polar surface area (TPSA) is 92.3 Å². The molecule has 2 aromatic carbocycles. The first-order valence-electron chi connectivity index (χ1n) is 10.1. The van der Waals surface area contributed by atoms with Crippen LogP contribution in [0.5, 0.6) is 0 Å². The summed E-state index contributed by atoms with van der Waals surface area (Å²) in [7, 11) is 0. The number of hydrogen-bond acceptors (Lipinski definition) is 6. The van der Waals surface area contributed by atoms with Gasteiger partial charge in [-0.2, -0.15) is 0 Å². The van der Waals surface area contributed by atoms with E-state index >= 15 is 0 Å². The zero-order valence-corrected chi connectivity index (χ0v) is 17.1. The number of hydrogen-bond donors (Lipinski definition) is 2. The van der Waals surface area contributed by atoms with Crippen molar-refractivity contribution in [2.45, 2.75) is 12.8 Å². The molecule has 32 heavy (non-hydrogen) atoms. The Hall–Kier alpha value is -4.32. The van der Waals surface area contributed by atoms with E-state index < -0.39 is 0 Å². The largest absolute Gasteiger partial charge is 0.353 e. The van der Waals surface area contributed by atoms with Gasteiger partial charge in [0.25, 0.3) is 0 Å². The minimum atomic E-state index is -0.323. The number of nitrogens with one attached hydrogen (secondary N) is 2. The van der Waals surface area contributed by atoms with Crippen LogP contribution >= 0.6 is 0 Å². The average molecular weight is 424 g/mol. The van der Waals surface area contributed by atoms with Crippen molar-refractivity contribution in [3.05, 3.63) is 108 Å². The molecule has 2 aromatic rings. The molecule has 0 heterocycles. The van der Waals surface area contributed by atoms with E-state index in [1.807, 2.05) is 60.7 Å². The van der Waals surface area contributed by atoms with Gasteiger partial charge in [-0.25, -0.2) is 0 Å². The number of anilines is 2. The molecule has 0 radical (unpaired) electrons. The number of carbonyl (C=O) groups excluding carboxylic acids is 4. The summed E-state index contributed by atoms with van der Waals surface area (Å²) < 4.78 is 0. The van der Waals surface area contributed by atoms with Gasteiger partial charge in [-0.3, -0.25) is 19.2 Å². The molecule has 0 saturated carbocycles. The molecule has 0 bridgehead atoms. The second-order valence-corrected chi connectivity index (χ2v) is 7.39. The standard InChI is InChI=1S/C26H20N2O4/c29-23-15-25(31)21(27-19-7-3-1-4-8-19)13-17(23)11-12-18-14-22(26(32)16-24(18)30)28-20-9-5-2-6-10-20/h1-14,27-28H,15-16H2/b17-11-,18-12-. The van der Waals surface area contributed by atoms with Gasteiger partial charge in [0.1, 0.15) is 0 Å². The van der Waals surface area contributed by atoms with E-state index in [0.717, 1.165) is 11.4 Å². The van der Waals surface area contributed by atoms with Gasteiger partial charge in [0.05, 0.1) is 24.2 Å². The highest BCUT2D eigenvalue weighted by molar-refractivity contribution is 6.20. The molecule has 0 aliphatic heterocycles. The highest BCUT2D eigenvalue weighted by atomic mass is 16.2. The normalized spacial score (nSPS) is 19.1. The third-order valence-corrected chi connectivity index (χ3v) is 5.03. The van der Waals surface area contributed by atoms with Crippen molar-refractivity contribution in [2.75, 3.05) is 10.6 Å². The first-order chi connectivity index (χ1) is 15.5. The molecule has 6 nitrogen and oxygen atoms in total. The van der Waals surface area contributed by atoms with Crippen molar-refractivity contribution in [3.8, 4) is 0 Å². The third kappa shape index (κ3) is 4.87. The summed E-state index contributed by atoms with van der Waals surface area (Å²) in [6, 6.07) is 18.4. The lowest BCUT2D eigenvalue weighted by atomic mass is 9.93. The van der Waals surface area contributed by atoms with E-state index in [0.29, 0.717) is 22.5 Å². The van der Waals surface area contributed by atoms with Gasteiger partial charge >= 0.3 is 0 Å². The molecule has 2 aliphatic carbocycles. The number of allylic oxidation sites excluding steroid dienone is 8. The quantitative estimate of drug-likeness (QED) is 0.558. The maximum Gasteiger partial charge on any atom is 0.186 e. The van der Waals surface area contributed by atoms with E-state index in [9.17, 15) is 19.2 Å². The minimum absolute atomic E-state index is 0.246. The Kier molecular flexibility index (Phi) is 6.03. The molecule has 6 heteroatoms. The summed E-state index contributed by atoms with van der Waals surface area (Å²) >= 11 is 0. The van der Waals surface area contributed by atoms with Crippen molar-refractivity contribution >= 4 is 34.5 Å². The van der Waals surface area contributed by atoms with Gasteiger partial charge in [0, 0.05) is 22.5 Å². The Morgan fingerprint density at radius 3 is 1.28 bits per heavy atom. The van der Waals surface area contributed by atoms with Crippen LogP contribution < -0.4 is 10.6 Å².